The number of allylic oxidation sites excluding steroid dienone is 1. The fourth-order valence-electron chi connectivity index (χ4n) is 5.84. The molecule has 1 saturated carbocycles. The normalized spacial score (nSPS) is 26.6. The van der Waals surface area contributed by atoms with Gasteiger partial charge in [-0.1, -0.05) is 68.5 Å². The quantitative estimate of drug-likeness (QED) is 0.518. The van der Waals surface area contributed by atoms with E-state index in [4.69, 9.17) is 0 Å². The summed E-state index contributed by atoms with van der Waals surface area (Å²) in [6.07, 6.45) is 1.64. The molecule has 1 N–H and O–H groups in total. The molecule has 2 aliphatic rings. The minimum absolute atomic E-state index is 0.303. The zero-order valence-corrected chi connectivity index (χ0v) is 19.5. The van der Waals surface area contributed by atoms with Crippen LogP contribution in [0, 0.1) is 5.92 Å². The van der Waals surface area contributed by atoms with Crippen LogP contribution in [0.2, 0.25) is 0 Å². The predicted molar refractivity (Wildman–Crippen MR) is 134 cm³/mol. The van der Waals surface area contributed by atoms with Gasteiger partial charge in [0.05, 0.1) is 11.2 Å². The Labute approximate surface area is 199 Å². The van der Waals surface area contributed by atoms with E-state index in [9.17, 15) is 10.2 Å². The lowest BCUT2D eigenvalue weighted by molar-refractivity contribution is -0.537. The summed E-state index contributed by atoms with van der Waals surface area (Å²) in [4.78, 5) is 6.59. The number of hydrogen-bond donors (Lipinski definition) is 1. The van der Waals surface area contributed by atoms with Crippen molar-refractivity contribution >= 4 is 33.1 Å². The second-order valence-electron chi connectivity index (χ2n) is 9.97. The SMILES string of the molecule is CN1C(=CC2C([O-])C(Nc3cccc4cccnc34)C2[O-])C(C)(C)c2c1ccc1ccccc21. The molecule has 172 valence electrons. The molecule has 1 aliphatic carbocycles. The molecule has 1 aliphatic heterocycles. The molecule has 5 nitrogen and oxygen atoms in total. The van der Waals surface area contributed by atoms with Gasteiger partial charge in [-0.05, 0) is 40.5 Å². The number of nitrogens with one attached hydrogen (secondary N) is 1. The van der Waals surface area contributed by atoms with Crippen molar-refractivity contribution in [3.63, 3.8) is 0 Å². The summed E-state index contributed by atoms with van der Waals surface area (Å²) in [6, 6.07) is 21.6. The van der Waals surface area contributed by atoms with Gasteiger partial charge in [-0.3, -0.25) is 4.98 Å². The highest BCUT2D eigenvalue weighted by atomic mass is 16.3. The van der Waals surface area contributed by atoms with E-state index in [2.05, 4.69) is 59.4 Å². The van der Waals surface area contributed by atoms with Crippen molar-refractivity contribution in [2.75, 3.05) is 17.3 Å². The van der Waals surface area contributed by atoms with Crippen LogP contribution in [0.15, 0.2) is 84.7 Å². The molecule has 0 spiro atoms. The third-order valence-electron chi connectivity index (χ3n) is 7.67. The Morgan fingerprint density at radius 3 is 2.47 bits per heavy atom. The molecular formula is C29H27N3O2-2. The number of benzene rings is 3. The lowest BCUT2D eigenvalue weighted by Gasteiger charge is -2.60. The van der Waals surface area contributed by atoms with Crippen molar-refractivity contribution in [3.8, 4) is 0 Å². The Balaban J connectivity index is 1.31. The lowest BCUT2D eigenvalue weighted by Crippen LogP contribution is -2.72. The van der Waals surface area contributed by atoms with Gasteiger partial charge in [0.2, 0.25) is 0 Å². The molecule has 4 aromatic rings. The number of aromatic nitrogens is 1. The molecule has 1 fully saturated rings. The van der Waals surface area contributed by atoms with E-state index < -0.39 is 24.2 Å². The first-order valence-corrected chi connectivity index (χ1v) is 11.8. The van der Waals surface area contributed by atoms with Gasteiger partial charge in [-0.2, -0.15) is 0 Å². The van der Waals surface area contributed by atoms with E-state index in [1.807, 2.05) is 49.5 Å². The Morgan fingerprint density at radius 1 is 0.912 bits per heavy atom. The van der Waals surface area contributed by atoms with Gasteiger partial charge in [-0.25, -0.2) is 0 Å². The molecule has 2 heterocycles. The summed E-state index contributed by atoms with van der Waals surface area (Å²) in [5.41, 5.74) is 4.63. The molecule has 0 bridgehead atoms. The number of rotatable bonds is 3. The molecule has 2 unspecified atom stereocenters. The number of likely N-dealkylation sites (N-methyl/N-ethyl adjacent to an activating group) is 1. The van der Waals surface area contributed by atoms with Gasteiger partial charge in [-0.15, -0.1) is 12.2 Å². The van der Waals surface area contributed by atoms with Gasteiger partial charge in [0.1, 0.15) is 0 Å². The van der Waals surface area contributed by atoms with Crippen LogP contribution in [-0.2, 0) is 5.41 Å². The molecule has 6 rings (SSSR count). The number of pyridine rings is 1. The zero-order chi connectivity index (χ0) is 23.6. The average molecular weight is 450 g/mol. The summed E-state index contributed by atoms with van der Waals surface area (Å²) in [5, 5.41) is 33.1. The maximum absolute atomic E-state index is 13.2. The predicted octanol–water partition coefficient (Wildman–Crippen LogP) is 3.57. The van der Waals surface area contributed by atoms with E-state index in [1.165, 1.54) is 16.3 Å². The number of nitrogens with zero attached hydrogens (tertiary/aromatic N) is 2. The molecule has 0 amide bonds. The van der Waals surface area contributed by atoms with Gasteiger partial charge in [0.15, 0.2) is 0 Å². The van der Waals surface area contributed by atoms with Gasteiger partial charge in [0, 0.05) is 41.5 Å². The van der Waals surface area contributed by atoms with E-state index >= 15 is 0 Å². The Hall–Kier alpha value is -3.41. The third-order valence-corrected chi connectivity index (χ3v) is 7.67. The zero-order valence-electron chi connectivity index (χ0n) is 19.5. The molecular weight excluding hydrogens is 422 g/mol. The minimum atomic E-state index is -1.02. The summed E-state index contributed by atoms with van der Waals surface area (Å²) in [6.45, 7) is 4.37. The molecule has 0 saturated heterocycles. The molecule has 0 radical (unpaired) electrons. The van der Waals surface area contributed by atoms with Crippen LogP contribution < -0.4 is 20.4 Å². The van der Waals surface area contributed by atoms with Crippen LogP contribution in [0.25, 0.3) is 21.7 Å². The van der Waals surface area contributed by atoms with Crippen LogP contribution in [0.1, 0.15) is 19.4 Å². The highest BCUT2D eigenvalue weighted by Gasteiger charge is 2.43. The number of anilines is 2. The lowest BCUT2D eigenvalue weighted by atomic mass is 9.71. The molecule has 1 aromatic heterocycles. The summed E-state index contributed by atoms with van der Waals surface area (Å²) < 4.78 is 0. The molecule has 3 aromatic carbocycles. The third kappa shape index (κ3) is 2.97. The molecule has 5 heteroatoms. The van der Waals surface area contributed by atoms with Crippen LogP contribution in [0.4, 0.5) is 11.4 Å². The van der Waals surface area contributed by atoms with E-state index in [1.54, 1.807) is 6.20 Å². The van der Waals surface area contributed by atoms with E-state index in [-0.39, 0.29) is 5.41 Å². The van der Waals surface area contributed by atoms with Crippen molar-refractivity contribution in [1.82, 2.24) is 4.98 Å². The van der Waals surface area contributed by atoms with E-state index in [0.29, 0.717) is 0 Å². The van der Waals surface area contributed by atoms with Crippen LogP contribution in [-0.4, -0.2) is 30.3 Å². The number of fused-ring (bicyclic) bond motifs is 4. The molecule has 34 heavy (non-hydrogen) atoms. The van der Waals surface area contributed by atoms with Gasteiger partial charge in [0.25, 0.3) is 0 Å². The van der Waals surface area contributed by atoms with Crippen molar-refractivity contribution in [2.45, 2.75) is 37.5 Å². The van der Waals surface area contributed by atoms with Gasteiger partial charge < -0.3 is 20.4 Å². The summed E-state index contributed by atoms with van der Waals surface area (Å²) in [7, 11) is 2.03. The fraction of sp³-hybridized carbons (Fsp3) is 0.276. The van der Waals surface area contributed by atoms with Crippen LogP contribution in [0.3, 0.4) is 0 Å². The molecule has 2 atom stereocenters. The first kappa shape index (κ1) is 21.1. The van der Waals surface area contributed by atoms with Crippen molar-refractivity contribution in [3.05, 3.63) is 90.3 Å². The highest BCUT2D eigenvalue weighted by molar-refractivity contribution is 5.94. The Kier molecular flexibility index (Phi) is 4.70. The first-order valence-electron chi connectivity index (χ1n) is 11.8. The van der Waals surface area contributed by atoms with Crippen LogP contribution in [0.5, 0.6) is 0 Å². The average Bonchev–Trinajstić information content (AvgIpc) is 3.05. The topological polar surface area (TPSA) is 74.3 Å². The van der Waals surface area contributed by atoms with Crippen molar-refractivity contribution in [1.29, 1.82) is 0 Å². The maximum Gasteiger partial charge on any atom is 0.0933 e. The number of para-hydroxylation sites is 1. The monoisotopic (exact) mass is 449 g/mol. The largest absolute Gasteiger partial charge is 0.850 e. The van der Waals surface area contributed by atoms with Crippen molar-refractivity contribution < 1.29 is 10.2 Å². The summed E-state index contributed by atoms with van der Waals surface area (Å²) in [5.74, 6) is -0.572. The first-order chi connectivity index (χ1) is 16.4. The second-order valence-corrected chi connectivity index (χ2v) is 9.97. The highest BCUT2D eigenvalue weighted by Crippen LogP contribution is 2.51. The smallest absolute Gasteiger partial charge is 0.0933 e. The van der Waals surface area contributed by atoms with Gasteiger partial charge >= 0.3 is 0 Å². The standard InChI is InChI=1S/C29H27N3O2/c1-29(2)23(32(3)22-14-13-17-8-4-5-11-19(17)24(22)29)16-20-27(33)26(28(20)34)31-21-12-6-9-18-10-7-15-30-25(18)21/h4-16,20,26-28,31H,1-3H3/q-2. The summed E-state index contributed by atoms with van der Waals surface area (Å²) >= 11 is 0. The Morgan fingerprint density at radius 2 is 1.65 bits per heavy atom. The van der Waals surface area contributed by atoms with E-state index in [0.717, 1.165) is 28.0 Å². The maximum atomic E-state index is 13.2. The number of hydrogen-bond acceptors (Lipinski definition) is 5. The Bertz CT molecular complexity index is 1430. The minimum Gasteiger partial charge on any atom is -0.850 e. The van der Waals surface area contributed by atoms with Crippen molar-refractivity contribution in [2.24, 2.45) is 5.92 Å². The fourth-order valence-corrected chi connectivity index (χ4v) is 5.84. The second kappa shape index (κ2) is 7.55. The van der Waals surface area contributed by atoms with Crippen LogP contribution >= 0.6 is 0 Å².